The van der Waals surface area contributed by atoms with E-state index in [4.69, 9.17) is 5.73 Å². The number of hydrogen-bond acceptors (Lipinski definition) is 3. The van der Waals surface area contributed by atoms with Gasteiger partial charge in [0.2, 0.25) is 0 Å². The fraction of sp³-hybridized carbons (Fsp3) is 0.167. The van der Waals surface area contributed by atoms with Gasteiger partial charge in [-0.05, 0) is 25.1 Å². The molecular weight excluding hydrogens is 224 g/mol. The minimum absolute atomic E-state index is 0.0288. The number of aromatic nitrogens is 2. The fourth-order valence-corrected chi connectivity index (χ4v) is 1.56. The van der Waals surface area contributed by atoms with Crippen molar-refractivity contribution >= 4 is 0 Å². The predicted molar refractivity (Wildman–Crippen MR) is 60.0 cm³/mol. The lowest BCUT2D eigenvalue weighted by Gasteiger charge is -2.06. The molecule has 2 rings (SSSR count). The third-order valence-electron chi connectivity index (χ3n) is 2.30. The molecule has 0 saturated heterocycles. The van der Waals surface area contributed by atoms with Gasteiger partial charge in [-0.1, -0.05) is 6.07 Å². The Balaban J connectivity index is 2.64. The first-order chi connectivity index (χ1) is 8.11. The van der Waals surface area contributed by atoms with Gasteiger partial charge in [-0.15, -0.1) is 0 Å². The van der Waals surface area contributed by atoms with Gasteiger partial charge in [0.05, 0.1) is 11.3 Å². The normalized spacial score (nSPS) is 10.6. The van der Waals surface area contributed by atoms with Crippen LogP contribution >= 0.6 is 0 Å². The second-order valence-electron chi connectivity index (χ2n) is 3.63. The van der Waals surface area contributed by atoms with E-state index in [1.807, 2.05) is 0 Å². The van der Waals surface area contributed by atoms with Crippen LogP contribution in [0.4, 0.5) is 8.78 Å². The largest absolute Gasteiger partial charge is 0.325 e. The van der Waals surface area contributed by atoms with Crippen molar-refractivity contribution in [3.63, 3.8) is 0 Å². The smallest absolute Gasteiger partial charge is 0.165 e. The van der Waals surface area contributed by atoms with Crippen LogP contribution in [0.2, 0.25) is 0 Å². The summed E-state index contributed by atoms with van der Waals surface area (Å²) in [5, 5.41) is 0. The first-order valence-electron chi connectivity index (χ1n) is 5.11. The molecule has 0 aliphatic rings. The van der Waals surface area contributed by atoms with Crippen molar-refractivity contribution in [3.05, 3.63) is 47.3 Å². The predicted octanol–water partition coefficient (Wildman–Crippen LogP) is 2.19. The van der Waals surface area contributed by atoms with Crippen LogP contribution in [0.1, 0.15) is 11.4 Å². The Morgan fingerprint density at radius 1 is 1.18 bits per heavy atom. The van der Waals surface area contributed by atoms with Gasteiger partial charge < -0.3 is 5.73 Å². The van der Waals surface area contributed by atoms with Crippen molar-refractivity contribution in [3.8, 4) is 11.4 Å². The van der Waals surface area contributed by atoms with E-state index in [-0.39, 0.29) is 17.9 Å². The highest BCUT2D eigenvalue weighted by molar-refractivity contribution is 5.57. The Morgan fingerprint density at radius 3 is 2.41 bits per heavy atom. The molecule has 1 heterocycles. The van der Waals surface area contributed by atoms with Gasteiger partial charge in [-0.2, -0.15) is 0 Å². The first kappa shape index (κ1) is 11.6. The topological polar surface area (TPSA) is 51.8 Å². The molecule has 0 fully saturated rings. The van der Waals surface area contributed by atoms with Gasteiger partial charge in [0.25, 0.3) is 0 Å². The lowest BCUT2D eigenvalue weighted by atomic mass is 10.1. The summed E-state index contributed by atoms with van der Waals surface area (Å²) in [5.41, 5.74) is 6.42. The molecule has 0 aliphatic heterocycles. The maximum atomic E-state index is 13.6. The monoisotopic (exact) mass is 235 g/mol. The highest BCUT2D eigenvalue weighted by Crippen LogP contribution is 2.23. The summed E-state index contributed by atoms with van der Waals surface area (Å²) in [5.74, 6) is -1.34. The Morgan fingerprint density at radius 2 is 1.82 bits per heavy atom. The van der Waals surface area contributed by atoms with Crippen molar-refractivity contribution in [2.24, 2.45) is 5.73 Å². The molecule has 0 unspecified atom stereocenters. The van der Waals surface area contributed by atoms with E-state index in [1.165, 1.54) is 18.2 Å². The highest BCUT2D eigenvalue weighted by atomic mass is 19.1. The molecule has 3 nitrogen and oxygen atoms in total. The van der Waals surface area contributed by atoms with E-state index >= 15 is 0 Å². The average molecular weight is 235 g/mol. The number of rotatable bonds is 2. The number of aryl methyl sites for hydroxylation is 1. The summed E-state index contributed by atoms with van der Waals surface area (Å²) in [6, 6.07) is 5.33. The molecule has 1 aromatic heterocycles. The Kier molecular flexibility index (Phi) is 3.10. The summed E-state index contributed by atoms with van der Waals surface area (Å²) in [4.78, 5) is 8.05. The molecule has 0 amide bonds. The maximum Gasteiger partial charge on any atom is 0.165 e. The molecule has 5 heteroatoms. The van der Waals surface area contributed by atoms with Crippen LogP contribution in [-0.2, 0) is 6.54 Å². The zero-order chi connectivity index (χ0) is 12.4. The van der Waals surface area contributed by atoms with Crippen LogP contribution in [0.5, 0.6) is 0 Å². The van der Waals surface area contributed by atoms with Crippen LogP contribution < -0.4 is 5.73 Å². The maximum absolute atomic E-state index is 13.6. The second kappa shape index (κ2) is 4.55. The zero-order valence-electron chi connectivity index (χ0n) is 9.24. The van der Waals surface area contributed by atoms with Gasteiger partial charge in [-0.25, -0.2) is 18.7 Å². The van der Waals surface area contributed by atoms with Gasteiger partial charge in [0, 0.05) is 12.2 Å². The zero-order valence-corrected chi connectivity index (χ0v) is 9.24. The first-order valence-corrected chi connectivity index (χ1v) is 5.11. The fourth-order valence-electron chi connectivity index (χ4n) is 1.56. The van der Waals surface area contributed by atoms with Gasteiger partial charge >= 0.3 is 0 Å². The van der Waals surface area contributed by atoms with E-state index in [9.17, 15) is 8.78 Å². The molecule has 1 aromatic carbocycles. The summed E-state index contributed by atoms with van der Waals surface area (Å²) >= 11 is 0. The Hall–Kier alpha value is -1.88. The minimum atomic E-state index is -0.682. The summed E-state index contributed by atoms with van der Waals surface area (Å²) in [7, 11) is 0. The van der Waals surface area contributed by atoms with E-state index < -0.39 is 11.6 Å². The number of halogens is 2. The molecule has 0 aliphatic carbocycles. The molecule has 2 aromatic rings. The van der Waals surface area contributed by atoms with Gasteiger partial charge in [-0.3, -0.25) is 0 Å². The van der Waals surface area contributed by atoms with Crippen molar-refractivity contribution in [1.82, 2.24) is 9.97 Å². The molecule has 0 atom stereocenters. The third kappa shape index (κ3) is 2.29. The highest BCUT2D eigenvalue weighted by Gasteiger charge is 2.14. The van der Waals surface area contributed by atoms with Crippen LogP contribution in [0.3, 0.4) is 0 Å². The lowest BCUT2D eigenvalue weighted by molar-refractivity contribution is 0.587. The van der Waals surface area contributed by atoms with Crippen molar-refractivity contribution in [2.75, 3.05) is 0 Å². The minimum Gasteiger partial charge on any atom is -0.325 e. The molecular formula is C12H11F2N3. The summed E-state index contributed by atoms with van der Waals surface area (Å²) in [6.45, 7) is 1.93. The van der Waals surface area contributed by atoms with Crippen molar-refractivity contribution < 1.29 is 8.78 Å². The van der Waals surface area contributed by atoms with Crippen LogP contribution in [-0.4, -0.2) is 9.97 Å². The molecule has 88 valence electrons. The standard InChI is InChI=1S/C12H11F2N3/c1-7-5-8(6-15)17-12(16-7)11-9(13)3-2-4-10(11)14/h2-5H,6,15H2,1H3. The summed E-state index contributed by atoms with van der Waals surface area (Å²) < 4.78 is 27.1. The summed E-state index contributed by atoms with van der Waals surface area (Å²) in [6.07, 6.45) is 0. The van der Waals surface area contributed by atoms with Crippen LogP contribution in [0.15, 0.2) is 24.3 Å². The Bertz CT molecular complexity index is 535. The number of benzene rings is 1. The van der Waals surface area contributed by atoms with Gasteiger partial charge in [0.15, 0.2) is 5.82 Å². The third-order valence-corrected chi connectivity index (χ3v) is 2.30. The lowest BCUT2D eigenvalue weighted by Crippen LogP contribution is -2.05. The van der Waals surface area contributed by atoms with Crippen molar-refractivity contribution in [2.45, 2.75) is 13.5 Å². The quantitative estimate of drug-likeness (QED) is 0.868. The van der Waals surface area contributed by atoms with E-state index in [1.54, 1.807) is 13.0 Å². The SMILES string of the molecule is Cc1cc(CN)nc(-c2c(F)cccc2F)n1. The molecule has 2 N–H and O–H groups in total. The van der Waals surface area contributed by atoms with E-state index in [0.717, 1.165) is 0 Å². The molecule has 17 heavy (non-hydrogen) atoms. The number of hydrogen-bond donors (Lipinski definition) is 1. The second-order valence-corrected chi connectivity index (χ2v) is 3.63. The molecule has 0 radical (unpaired) electrons. The van der Waals surface area contributed by atoms with Gasteiger partial charge in [0.1, 0.15) is 11.6 Å². The van der Waals surface area contributed by atoms with E-state index in [0.29, 0.717) is 11.4 Å². The molecule has 0 saturated carbocycles. The molecule has 0 spiro atoms. The molecule has 0 bridgehead atoms. The number of nitrogens with zero attached hydrogens (tertiary/aromatic N) is 2. The Labute approximate surface area is 97.3 Å². The van der Waals surface area contributed by atoms with Crippen molar-refractivity contribution in [1.29, 1.82) is 0 Å². The average Bonchev–Trinajstić information content (AvgIpc) is 2.28. The van der Waals surface area contributed by atoms with Crippen LogP contribution in [0.25, 0.3) is 11.4 Å². The van der Waals surface area contributed by atoms with E-state index in [2.05, 4.69) is 9.97 Å². The number of nitrogens with two attached hydrogens (primary N) is 1. The van der Waals surface area contributed by atoms with Crippen LogP contribution in [0, 0.1) is 18.6 Å².